The third kappa shape index (κ3) is 5.00. The van der Waals surface area contributed by atoms with E-state index in [0.29, 0.717) is 42.9 Å². The van der Waals surface area contributed by atoms with Crippen molar-refractivity contribution in [2.24, 2.45) is 0 Å². The number of rotatable bonds is 7. The van der Waals surface area contributed by atoms with E-state index in [-0.39, 0.29) is 37.0 Å². The van der Waals surface area contributed by atoms with E-state index < -0.39 is 17.8 Å². The van der Waals surface area contributed by atoms with Crippen LogP contribution < -0.4 is 20.1 Å². The smallest absolute Gasteiger partial charge is 0.254 e. The Morgan fingerprint density at radius 1 is 1.06 bits per heavy atom. The number of hydrogen-bond acceptors (Lipinski definition) is 6. The number of carbonyl (C=O) groups excluding carboxylic acids is 2. The molecule has 2 aliphatic rings. The summed E-state index contributed by atoms with van der Waals surface area (Å²) in [5, 5.41) is 15.4. The Bertz CT molecular complexity index is 985. The predicted octanol–water partition coefficient (Wildman–Crippen LogP) is 2.01. The van der Waals surface area contributed by atoms with E-state index in [2.05, 4.69) is 10.6 Å². The molecule has 3 atom stereocenters. The molecule has 0 bridgehead atoms. The highest BCUT2D eigenvalue weighted by molar-refractivity contribution is 5.95. The van der Waals surface area contributed by atoms with Gasteiger partial charge in [-0.15, -0.1) is 0 Å². The van der Waals surface area contributed by atoms with E-state index in [0.717, 1.165) is 0 Å². The minimum Gasteiger partial charge on any atom is -0.454 e. The Hall–Kier alpha value is -3.17. The zero-order valence-corrected chi connectivity index (χ0v) is 17.4. The number of aliphatic hydroxyl groups excluding tert-OH is 1. The average Bonchev–Trinajstić information content (AvgIpc) is 3.28. The number of nitrogens with one attached hydrogen (secondary N) is 2. The summed E-state index contributed by atoms with van der Waals surface area (Å²) in [7, 11) is 0. The SMILES string of the molecule is O=C(N[C@@H]1CC[C@H](CCNC(=O)c2ccccc2F)O[C@@H]1CO)c1ccc2c(c1)OCO2. The summed E-state index contributed by atoms with van der Waals surface area (Å²) in [6.45, 7) is 0.194. The second kappa shape index (κ2) is 9.97. The number of carbonyl (C=O) groups is 2. The van der Waals surface area contributed by atoms with Gasteiger partial charge in [0, 0.05) is 12.1 Å². The molecule has 9 heteroatoms. The van der Waals surface area contributed by atoms with E-state index >= 15 is 0 Å². The van der Waals surface area contributed by atoms with Gasteiger partial charge >= 0.3 is 0 Å². The molecule has 2 aliphatic heterocycles. The topological polar surface area (TPSA) is 106 Å². The van der Waals surface area contributed by atoms with E-state index in [1.807, 2.05) is 0 Å². The van der Waals surface area contributed by atoms with Crippen molar-refractivity contribution in [1.82, 2.24) is 10.6 Å². The lowest BCUT2D eigenvalue weighted by Gasteiger charge is -2.36. The van der Waals surface area contributed by atoms with Gasteiger partial charge in [0.1, 0.15) is 11.9 Å². The Kier molecular flexibility index (Phi) is 6.87. The summed E-state index contributed by atoms with van der Waals surface area (Å²) in [5.41, 5.74) is 0.431. The molecule has 2 heterocycles. The fraction of sp³-hybridized carbons (Fsp3) is 0.391. The second-order valence-electron chi connectivity index (χ2n) is 7.73. The molecule has 3 N–H and O–H groups in total. The maximum atomic E-state index is 13.7. The number of halogens is 1. The lowest BCUT2D eigenvalue weighted by molar-refractivity contribution is -0.0893. The Balaban J connectivity index is 1.26. The first kappa shape index (κ1) is 22.0. The minimum atomic E-state index is -0.569. The van der Waals surface area contributed by atoms with Crippen molar-refractivity contribution in [3.63, 3.8) is 0 Å². The van der Waals surface area contributed by atoms with Crippen molar-refractivity contribution in [2.75, 3.05) is 19.9 Å². The molecule has 170 valence electrons. The number of fused-ring (bicyclic) bond motifs is 1. The summed E-state index contributed by atoms with van der Waals surface area (Å²) in [4.78, 5) is 24.8. The predicted molar refractivity (Wildman–Crippen MR) is 112 cm³/mol. The van der Waals surface area contributed by atoms with Gasteiger partial charge in [0.25, 0.3) is 11.8 Å². The number of amides is 2. The van der Waals surface area contributed by atoms with Crippen molar-refractivity contribution in [3.05, 3.63) is 59.4 Å². The van der Waals surface area contributed by atoms with Gasteiger partial charge in [0.2, 0.25) is 6.79 Å². The van der Waals surface area contributed by atoms with E-state index in [9.17, 15) is 19.1 Å². The van der Waals surface area contributed by atoms with Gasteiger partial charge in [-0.3, -0.25) is 9.59 Å². The standard InChI is InChI=1S/C23H25FN2O6/c24-17-4-2-1-3-16(17)23(29)25-10-9-15-6-7-18(21(12-27)32-15)26-22(28)14-5-8-19-20(11-14)31-13-30-19/h1-5,8,11,15,18,21,27H,6-7,9-10,12-13H2,(H,25,29)(H,26,28)/t15-,18-,21-/m1/s1. The zero-order chi connectivity index (χ0) is 22.5. The monoisotopic (exact) mass is 444 g/mol. The molecule has 0 unspecified atom stereocenters. The van der Waals surface area contributed by atoms with Crippen molar-refractivity contribution in [2.45, 2.75) is 37.5 Å². The van der Waals surface area contributed by atoms with Crippen LogP contribution >= 0.6 is 0 Å². The molecule has 32 heavy (non-hydrogen) atoms. The Morgan fingerprint density at radius 2 is 1.88 bits per heavy atom. The fourth-order valence-electron chi connectivity index (χ4n) is 3.89. The van der Waals surface area contributed by atoms with Crippen molar-refractivity contribution in [1.29, 1.82) is 0 Å². The maximum absolute atomic E-state index is 13.7. The molecule has 2 aromatic rings. The minimum absolute atomic E-state index is 0.00316. The molecule has 8 nitrogen and oxygen atoms in total. The van der Waals surface area contributed by atoms with Gasteiger partial charge < -0.3 is 30.0 Å². The molecule has 0 spiro atoms. The van der Waals surface area contributed by atoms with Crippen molar-refractivity contribution < 1.29 is 33.3 Å². The summed E-state index contributed by atoms with van der Waals surface area (Å²) < 4.78 is 30.2. The maximum Gasteiger partial charge on any atom is 0.254 e. The molecule has 1 fully saturated rings. The van der Waals surface area contributed by atoms with Crippen molar-refractivity contribution >= 4 is 11.8 Å². The fourth-order valence-corrected chi connectivity index (χ4v) is 3.89. The van der Waals surface area contributed by atoms with E-state index in [4.69, 9.17) is 14.2 Å². The summed E-state index contributed by atoms with van der Waals surface area (Å²) in [5.74, 6) is -0.216. The normalized spacial score (nSPS) is 21.8. The zero-order valence-electron chi connectivity index (χ0n) is 17.4. The number of ether oxygens (including phenoxy) is 3. The van der Waals surface area contributed by atoms with Gasteiger partial charge in [-0.25, -0.2) is 4.39 Å². The van der Waals surface area contributed by atoms with Crippen LogP contribution in [0.15, 0.2) is 42.5 Å². The highest BCUT2D eigenvalue weighted by Crippen LogP contribution is 2.32. The first-order valence-corrected chi connectivity index (χ1v) is 10.5. The summed E-state index contributed by atoms with van der Waals surface area (Å²) >= 11 is 0. The van der Waals surface area contributed by atoms with Crippen LogP contribution in [0.25, 0.3) is 0 Å². The first-order valence-electron chi connectivity index (χ1n) is 10.5. The lowest BCUT2D eigenvalue weighted by Crippen LogP contribution is -2.51. The molecule has 2 amide bonds. The molecule has 0 aliphatic carbocycles. The highest BCUT2D eigenvalue weighted by atomic mass is 19.1. The third-order valence-corrected chi connectivity index (χ3v) is 5.62. The molecule has 0 radical (unpaired) electrons. The lowest BCUT2D eigenvalue weighted by atomic mass is 9.96. The van der Waals surface area contributed by atoms with E-state index in [1.165, 1.54) is 18.2 Å². The van der Waals surface area contributed by atoms with Crippen LogP contribution in [-0.2, 0) is 4.74 Å². The molecule has 4 rings (SSSR count). The van der Waals surface area contributed by atoms with Crippen LogP contribution in [0, 0.1) is 5.82 Å². The average molecular weight is 444 g/mol. The highest BCUT2D eigenvalue weighted by Gasteiger charge is 2.32. The van der Waals surface area contributed by atoms with Crippen LogP contribution in [-0.4, -0.2) is 55.1 Å². The summed E-state index contributed by atoms with van der Waals surface area (Å²) in [6, 6.07) is 10.4. The first-order chi connectivity index (χ1) is 15.5. The number of hydrogen-bond donors (Lipinski definition) is 3. The summed E-state index contributed by atoms with van der Waals surface area (Å²) in [6.07, 6.45) is 1.03. The number of aliphatic hydroxyl groups is 1. The largest absolute Gasteiger partial charge is 0.454 e. The molecule has 0 saturated carbocycles. The second-order valence-corrected chi connectivity index (χ2v) is 7.73. The van der Waals surface area contributed by atoms with Crippen LogP contribution in [0.2, 0.25) is 0 Å². The van der Waals surface area contributed by atoms with Gasteiger partial charge in [0.05, 0.1) is 24.3 Å². The van der Waals surface area contributed by atoms with Gasteiger partial charge in [-0.1, -0.05) is 12.1 Å². The third-order valence-electron chi connectivity index (χ3n) is 5.62. The van der Waals surface area contributed by atoms with Crippen LogP contribution in [0.3, 0.4) is 0 Å². The quantitative estimate of drug-likeness (QED) is 0.603. The molecule has 1 saturated heterocycles. The van der Waals surface area contributed by atoms with Crippen LogP contribution in [0.5, 0.6) is 11.5 Å². The van der Waals surface area contributed by atoms with Crippen LogP contribution in [0.1, 0.15) is 40.0 Å². The van der Waals surface area contributed by atoms with Gasteiger partial charge in [-0.05, 0) is 49.6 Å². The van der Waals surface area contributed by atoms with Crippen LogP contribution in [0.4, 0.5) is 4.39 Å². The Labute approximate surface area is 184 Å². The number of benzene rings is 2. The molecule has 2 aromatic carbocycles. The van der Waals surface area contributed by atoms with Crippen molar-refractivity contribution in [3.8, 4) is 11.5 Å². The van der Waals surface area contributed by atoms with Gasteiger partial charge in [0.15, 0.2) is 11.5 Å². The molecular formula is C23H25FN2O6. The Morgan fingerprint density at radius 3 is 2.69 bits per heavy atom. The molecule has 0 aromatic heterocycles. The van der Waals surface area contributed by atoms with E-state index in [1.54, 1.807) is 24.3 Å². The molecular weight excluding hydrogens is 419 g/mol. The van der Waals surface area contributed by atoms with Gasteiger partial charge in [-0.2, -0.15) is 0 Å².